The normalized spacial score (nSPS) is 10.4. The maximum absolute atomic E-state index is 11.4. The molecule has 4 nitrogen and oxygen atoms in total. The highest BCUT2D eigenvalue weighted by molar-refractivity contribution is 14.1. The molecule has 0 aliphatic heterocycles. The first kappa shape index (κ1) is 19.1. The van der Waals surface area contributed by atoms with Gasteiger partial charge in [-0.2, -0.15) is 0 Å². The van der Waals surface area contributed by atoms with Crippen LogP contribution in [-0.2, 0) is 17.8 Å². The average molecular weight is 481 g/mol. The van der Waals surface area contributed by atoms with E-state index in [4.69, 9.17) is 32.7 Å². The number of aryl methyl sites for hydroxylation is 1. The molecule has 0 atom stereocenters. The summed E-state index contributed by atoms with van der Waals surface area (Å²) in [5.41, 5.74) is 1.67. The van der Waals surface area contributed by atoms with Gasteiger partial charge in [-0.1, -0.05) is 36.2 Å². The highest BCUT2D eigenvalue weighted by Crippen LogP contribution is 2.33. The van der Waals surface area contributed by atoms with Gasteiger partial charge in [-0.15, -0.1) is 0 Å². The highest BCUT2D eigenvalue weighted by atomic mass is 127. The van der Waals surface area contributed by atoms with E-state index in [0.29, 0.717) is 21.5 Å². The summed E-state index contributed by atoms with van der Waals surface area (Å²) < 4.78 is 16.4. The van der Waals surface area contributed by atoms with Crippen molar-refractivity contribution in [2.24, 2.45) is 0 Å². The fourth-order valence-electron chi connectivity index (χ4n) is 2.01. The molecule has 2 aromatic rings. The molecule has 0 aliphatic rings. The summed E-state index contributed by atoms with van der Waals surface area (Å²) >= 11 is 14.6. The molecule has 0 heterocycles. The van der Waals surface area contributed by atoms with E-state index in [1.54, 1.807) is 24.3 Å². The predicted octanol–water partition coefficient (Wildman–Crippen LogP) is 5.88. The Morgan fingerprint density at radius 3 is 2.58 bits per heavy atom. The van der Waals surface area contributed by atoms with Crippen molar-refractivity contribution < 1.29 is 19.0 Å². The molecule has 0 fully saturated rings. The molecule has 0 amide bonds. The number of hydrogen-bond acceptors (Lipinski definition) is 4. The molecule has 0 saturated carbocycles. The summed E-state index contributed by atoms with van der Waals surface area (Å²) in [6.45, 7) is 2.17. The Morgan fingerprint density at radius 2 is 1.92 bits per heavy atom. The van der Waals surface area contributed by atoms with Crippen LogP contribution in [0.5, 0.6) is 11.5 Å². The molecule has 0 spiro atoms. The first-order chi connectivity index (χ1) is 11.5. The molecule has 24 heavy (non-hydrogen) atoms. The molecular weight excluding hydrogens is 466 g/mol. The summed E-state index contributed by atoms with van der Waals surface area (Å²) in [6, 6.07) is 8.83. The van der Waals surface area contributed by atoms with Gasteiger partial charge in [0.1, 0.15) is 18.1 Å². The van der Waals surface area contributed by atoms with E-state index >= 15 is 0 Å². The molecule has 0 unspecified atom stereocenters. The molecule has 0 bridgehead atoms. The zero-order valence-electron chi connectivity index (χ0n) is 13.1. The van der Waals surface area contributed by atoms with E-state index < -0.39 is 6.16 Å². The predicted molar refractivity (Wildman–Crippen MR) is 102 cm³/mol. The second kappa shape index (κ2) is 8.78. The van der Waals surface area contributed by atoms with Gasteiger partial charge >= 0.3 is 6.16 Å². The zero-order chi connectivity index (χ0) is 17.7. The van der Waals surface area contributed by atoms with Crippen LogP contribution in [0.25, 0.3) is 0 Å². The van der Waals surface area contributed by atoms with Gasteiger partial charge in [-0.25, -0.2) is 4.79 Å². The van der Waals surface area contributed by atoms with Crippen molar-refractivity contribution in [2.75, 3.05) is 7.11 Å². The first-order valence-electron chi connectivity index (χ1n) is 7.10. The lowest BCUT2D eigenvalue weighted by Gasteiger charge is -2.14. The van der Waals surface area contributed by atoms with E-state index in [1.807, 2.05) is 13.0 Å². The first-order valence-corrected chi connectivity index (χ1v) is 8.93. The van der Waals surface area contributed by atoms with Crippen molar-refractivity contribution in [3.8, 4) is 11.5 Å². The quantitative estimate of drug-likeness (QED) is 0.304. The van der Waals surface area contributed by atoms with Crippen molar-refractivity contribution in [1.82, 2.24) is 0 Å². The van der Waals surface area contributed by atoms with Crippen molar-refractivity contribution >= 4 is 51.9 Å². The number of carbonyl (C=O) groups is 1. The maximum atomic E-state index is 11.4. The molecule has 0 aromatic heterocycles. The fourth-order valence-corrected chi connectivity index (χ4v) is 3.16. The third-order valence-corrected chi connectivity index (χ3v) is 4.95. The van der Waals surface area contributed by atoms with Crippen LogP contribution in [0.15, 0.2) is 30.3 Å². The monoisotopic (exact) mass is 480 g/mol. The number of ether oxygens (including phenoxy) is 3. The summed E-state index contributed by atoms with van der Waals surface area (Å²) in [4.78, 5) is 11.4. The fraction of sp³-hybridized carbons (Fsp3) is 0.235. The Hall–Kier alpha value is -1.18. The number of methoxy groups -OCH3 is 1. The van der Waals surface area contributed by atoms with Gasteiger partial charge in [-0.05, 0) is 52.8 Å². The van der Waals surface area contributed by atoms with Crippen LogP contribution in [0.4, 0.5) is 4.79 Å². The van der Waals surface area contributed by atoms with E-state index in [1.165, 1.54) is 7.11 Å². The molecule has 0 aliphatic carbocycles. The van der Waals surface area contributed by atoms with E-state index in [0.717, 1.165) is 21.1 Å². The lowest BCUT2D eigenvalue weighted by molar-refractivity contribution is 0.120. The third-order valence-electron chi connectivity index (χ3n) is 3.29. The van der Waals surface area contributed by atoms with Crippen LogP contribution < -0.4 is 9.47 Å². The van der Waals surface area contributed by atoms with Crippen LogP contribution in [-0.4, -0.2) is 13.3 Å². The SMILES string of the molecule is CCc1cc(Cl)c(OCc2c(I)cccc2OC(=O)OC)cc1Cl. The lowest BCUT2D eigenvalue weighted by Crippen LogP contribution is -2.10. The number of hydrogen-bond donors (Lipinski definition) is 0. The largest absolute Gasteiger partial charge is 0.513 e. The van der Waals surface area contributed by atoms with Gasteiger partial charge in [0, 0.05) is 20.2 Å². The third kappa shape index (κ3) is 4.68. The number of carbonyl (C=O) groups excluding carboxylic acids is 1. The number of rotatable bonds is 5. The lowest BCUT2D eigenvalue weighted by atomic mass is 10.1. The Morgan fingerprint density at radius 1 is 1.17 bits per heavy atom. The van der Waals surface area contributed by atoms with Crippen LogP contribution in [0, 0.1) is 3.57 Å². The molecule has 0 N–H and O–H groups in total. The highest BCUT2D eigenvalue weighted by Gasteiger charge is 2.14. The Kier molecular flexibility index (Phi) is 7.01. The Bertz CT molecular complexity index is 750. The topological polar surface area (TPSA) is 44.8 Å². The second-order valence-corrected chi connectivity index (χ2v) is 6.77. The van der Waals surface area contributed by atoms with E-state index in [-0.39, 0.29) is 6.61 Å². The number of halogens is 3. The number of benzene rings is 2. The van der Waals surface area contributed by atoms with Crippen LogP contribution in [0.3, 0.4) is 0 Å². The minimum atomic E-state index is -0.786. The Balaban J connectivity index is 2.23. The van der Waals surface area contributed by atoms with E-state index in [9.17, 15) is 4.79 Å². The minimum Gasteiger partial charge on any atom is -0.487 e. The van der Waals surface area contributed by atoms with Gasteiger partial charge in [-0.3, -0.25) is 0 Å². The summed E-state index contributed by atoms with van der Waals surface area (Å²) in [7, 11) is 1.25. The van der Waals surface area contributed by atoms with Crippen molar-refractivity contribution in [2.45, 2.75) is 20.0 Å². The maximum Gasteiger partial charge on any atom is 0.513 e. The van der Waals surface area contributed by atoms with Crippen LogP contribution in [0.1, 0.15) is 18.1 Å². The molecule has 7 heteroatoms. The van der Waals surface area contributed by atoms with Crippen LogP contribution >= 0.6 is 45.8 Å². The zero-order valence-corrected chi connectivity index (χ0v) is 16.7. The summed E-state index contributed by atoms with van der Waals surface area (Å²) in [5, 5.41) is 1.09. The smallest absolute Gasteiger partial charge is 0.487 e. The van der Waals surface area contributed by atoms with Gasteiger partial charge in [0.25, 0.3) is 0 Å². The van der Waals surface area contributed by atoms with Crippen molar-refractivity contribution in [1.29, 1.82) is 0 Å². The van der Waals surface area contributed by atoms with Gasteiger partial charge in [0.15, 0.2) is 0 Å². The van der Waals surface area contributed by atoms with Gasteiger partial charge < -0.3 is 14.2 Å². The summed E-state index contributed by atoms with van der Waals surface area (Å²) in [5.74, 6) is 0.851. The molecule has 0 saturated heterocycles. The van der Waals surface area contributed by atoms with Crippen molar-refractivity contribution in [3.05, 3.63) is 55.1 Å². The molecule has 2 aromatic carbocycles. The standard InChI is InChI=1S/C17H15Cl2IO4/c1-3-10-7-13(19)16(8-12(10)18)23-9-11-14(20)5-4-6-15(11)24-17(21)22-2/h4-8H,3,9H2,1-2H3. The van der Waals surface area contributed by atoms with E-state index in [2.05, 4.69) is 27.3 Å². The molecule has 2 rings (SSSR count). The van der Waals surface area contributed by atoms with Gasteiger partial charge in [0.05, 0.1) is 12.1 Å². The molecular formula is C17H15Cl2IO4. The summed E-state index contributed by atoms with van der Waals surface area (Å²) in [6.07, 6.45) is -0.00127. The molecule has 128 valence electrons. The minimum absolute atomic E-state index is 0.174. The second-order valence-electron chi connectivity index (χ2n) is 4.79. The van der Waals surface area contributed by atoms with Crippen molar-refractivity contribution in [3.63, 3.8) is 0 Å². The van der Waals surface area contributed by atoms with Crippen LogP contribution in [0.2, 0.25) is 10.0 Å². The Labute approximate surface area is 164 Å². The van der Waals surface area contributed by atoms with Gasteiger partial charge in [0.2, 0.25) is 0 Å². The molecule has 0 radical (unpaired) electrons. The average Bonchev–Trinajstić information content (AvgIpc) is 2.56.